The van der Waals surface area contributed by atoms with Crippen molar-refractivity contribution in [3.05, 3.63) is 65.2 Å². The summed E-state index contributed by atoms with van der Waals surface area (Å²) in [6, 6.07) is 10.8. The fourth-order valence-electron chi connectivity index (χ4n) is 1.90. The van der Waals surface area contributed by atoms with Crippen LogP contribution in [0.15, 0.2) is 53.7 Å². The molecule has 1 N–H and O–H groups in total. The summed E-state index contributed by atoms with van der Waals surface area (Å²) in [7, 11) is 0. The Bertz CT molecular complexity index is 649. The number of carbonyl (C=O) groups is 1. The van der Waals surface area contributed by atoms with Gasteiger partial charge in [-0.1, -0.05) is 12.1 Å². The highest BCUT2D eigenvalue weighted by atomic mass is 32.2. The van der Waals surface area contributed by atoms with Crippen LogP contribution in [0.4, 0.5) is 4.39 Å². The van der Waals surface area contributed by atoms with E-state index >= 15 is 0 Å². The quantitative estimate of drug-likeness (QED) is 0.523. The largest absolute Gasteiger partial charge is 0.618 e. The third kappa shape index (κ3) is 4.21. The average molecular weight is 320 g/mol. The lowest BCUT2D eigenvalue weighted by molar-refractivity contribution is -0.645. The van der Waals surface area contributed by atoms with Gasteiger partial charge in [-0.15, -0.1) is 0 Å². The Balaban J connectivity index is 1.96. The number of aromatic nitrogens is 1. The molecular formula is C16H17FN2O2S. The van der Waals surface area contributed by atoms with Gasteiger partial charge in [0.15, 0.2) is 6.20 Å². The van der Waals surface area contributed by atoms with Crippen LogP contribution in [-0.2, 0) is 4.79 Å². The van der Waals surface area contributed by atoms with Crippen molar-refractivity contribution >= 4 is 17.7 Å². The van der Waals surface area contributed by atoms with Crippen molar-refractivity contribution in [1.29, 1.82) is 0 Å². The van der Waals surface area contributed by atoms with Crippen LogP contribution in [-0.4, -0.2) is 11.2 Å². The zero-order chi connectivity index (χ0) is 16.1. The number of amides is 1. The van der Waals surface area contributed by atoms with Crippen LogP contribution in [0.25, 0.3) is 0 Å². The van der Waals surface area contributed by atoms with Gasteiger partial charge in [-0.25, -0.2) is 4.39 Å². The molecule has 1 amide bonds. The first-order valence-electron chi connectivity index (χ1n) is 6.88. The highest BCUT2D eigenvalue weighted by Crippen LogP contribution is 2.21. The summed E-state index contributed by atoms with van der Waals surface area (Å²) < 4.78 is 13.6. The summed E-state index contributed by atoms with van der Waals surface area (Å²) in [5.74, 6) is -0.485. The van der Waals surface area contributed by atoms with Gasteiger partial charge in [0.25, 0.3) is 5.03 Å². The van der Waals surface area contributed by atoms with E-state index in [0.717, 1.165) is 10.3 Å². The summed E-state index contributed by atoms with van der Waals surface area (Å²) >= 11 is 1.20. The summed E-state index contributed by atoms with van der Waals surface area (Å²) in [5.41, 5.74) is 0.825. The van der Waals surface area contributed by atoms with E-state index in [1.807, 2.05) is 6.92 Å². The van der Waals surface area contributed by atoms with E-state index < -0.39 is 5.25 Å². The highest BCUT2D eigenvalue weighted by Gasteiger charge is 2.20. The predicted octanol–water partition coefficient (Wildman–Crippen LogP) is 2.82. The van der Waals surface area contributed by atoms with E-state index in [0.29, 0.717) is 5.03 Å². The molecular weight excluding hydrogens is 303 g/mol. The Morgan fingerprint density at radius 1 is 1.23 bits per heavy atom. The Kier molecular flexibility index (Phi) is 5.38. The minimum Gasteiger partial charge on any atom is -0.618 e. The summed E-state index contributed by atoms with van der Waals surface area (Å²) in [6.45, 7) is 3.57. The van der Waals surface area contributed by atoms with Crippen molar-refractivity contribution < 1.29 is 13.9 Å². The molecule has 2 rings (SSSR count). The van der Waals surface area contributed by atoms with E-state index in [9.17, 15) is 14.4 Å². The monoisotopic (exact) mass is 320 g/mol. The number of rotatable bonds is 5. The Hall–Kier alpha value is -2.08. The molecule has 1 aromatic heterocycles. The maximum Gasteiger partial charge on any atom is 0.252 e. The van der Waals surface area contributed by atoms with Gasteiger partial charge < -0.3 is 10.5 Å². The molecule has 0 bridgehead atoms. The molecule has 6 heteroatoms. The van der Waals surface area contributed by atoms with Crippen molar-refractivity contribution in [2.24, 2.45) is 0 Å². The van der Waals surface area contributed by atoms with Crippen molar-refractivity contribution in [1.82, 2.24) is 5.32 Å². The second-order valence-electron chi connectivity index (χ2n) is 4.91. The fourth-order valence-corrected chi connectivity index (χ4v) is 2.76. The van der Waals surface area contributed by atoms with Crippen LogP contribution in [0.2, 0.25) is 0 Å². The van der Waals surface area contributed by atoms with Crippen molar-refractivity contribution in [2.45, 2.75) is 30.2 Å². The van der Waals surface area contributed by atoms with E-state index in [4.69, 9.17) is 0 Å². The molecule has 0 saturated carbocycles. The normalized spacial score (nSPS) is 13.4. The topological polar surface area (TPSA) is 56.0 Å². The molecule has 0 saturated heterocycles. The predicted molar refractivity (Wildman–Crippen MR) is 83.7 cm³/mol. The van der Waals surface area contributed by atoms with Crippen LogP contribution in [0.5, 0.6) is 0 Å². The summed E-state index contributed by atoms with van der Waals surface area (Å²) in [6.07, 6.45) is 1.40. The molecule has 22 heavy (non-hydrogen) atoms. The van der Waals surface area contributed by atoms with E-state index in [1.165, 1.54) is 30.1 Å². The van der Waals surface area contributed by atoms with Gasteiger partial charge in [-0.05, 0) is 49.4 Å². The smallest absolute Gasteiger partial charge is 0.252 e. The number of benzene rings is 1. The molecule has 0 radical (unpaired) electrons. The van der Waals surface area contributed by atoms with Crippen LogP contribution in [0, 0.1) is 11.0 Å². The molecule has 0 spiro atoms. The van der Waals surface area contributed by atoms with Gasteiger partial charge in [0.2, 0.25) is 5.91 Å². The number of nitrogens with one attached hydrogen (secondary N) is 1. The molecule has 0 aliphatic carbocycles. The van der Waals surface area contributed by atoms with Gasteiger partial charge >= 0.3 is 0 Å². The maximum atomic E-state index is 12.9. The van der Waals surface area contributed by atoms with Crippen molar-refractivity contribution in [3.63, 3.8) is 0 Å². The second-order valence-corrected chi connectivity index (χ2v) is 6.27. The number of pyridine rings is 1. The number of thioether (sulfide) groups is 1. The zero-order valence-corrected chi connectivity index (χ0v) is 13.1. The number of hydrogen-bond acceptors (Lipinski definition) is 3. The van der Waals surface area contributed by atoms with E-state index in [2.05, 4.69) is 5.32 Å². The number of nitrogens with zero attached hydrogens (tertiary/aromatic N) is 1. The molecule has 0 unspecified atom stereocenters. The van der Waals surface area contributed by atoms with Gasteiger partial charge in [-0.2, -0.15) is 4.73 Å². The molecule has 2 atom stereocenters. The lowest BCUT2D eigenvalue weighted by Crippen LogP contribution is -2.35. The fraction of sp³-hybridized carbons (Fsp3) is 0.250. The third-order valence-electron chi connectivity index (χ3n) is 3.18. The molecule has 1 aromatic carbocycles. The van der Waals surface area contributed by atoms with Crippen molar-refractivity contribution in [2.75, 3.05) is 0 Å². The minimum absolute atomic E-state index is 0.175. The molecule has 116 valence electrons. The van der Waals surface area contributed by atoms with Crippen LogP contribution < -0.4 is 10.0 Å². The first kappa shape index (κ1) is 16.3. The zero-order valence-electron chi connectivity index (χ0n) is 12.3. The van der Waals surface area contributed by atoms with E-state index in [1.54, 1.807) is 37.3 Å². The first-order valence-corrected chi connectivity index (χ1v) is 7.76. The number of hydrogen-bond donors (Lipinski definition) is 1. The SMILES string of the molecule is C[C@H](Sc1cccc[n+]1[O-])C(=O)N[C@H](C)c1ccc(F)cc1. The lowest BCUT2D eigenvalue weighted by Gasteiger charge is -2.17. The van der Waals surface area contributed by atoms with Crippen molar-refractivity contribution in [3.8, 4) is 0 Å². The summed E-state index contributed by atoms with van der Waals surface area (Å²) in [4.78, 5) is 12.2. The van der Waals surface area contributed by atoms with Crippen LogP contribution >= 0.6 is 11.8 Å². The molecule has 1 heterocycles. The highest BCUT2D eigenvalue weighted by molar-refractivity contribution is 8.00. The second kappa shape index (κ2) is 7.26. The van der Waals surface area contributed by atoms with Gasteiger partial charge in [-0.3, -0.25) is 4.79 Å². The average Bonchev–Trinajstić information content (AvgIpc) is 2.50. The molecule has 0 aliphatic heterocycles. The van der Waals surface area contributed by atoms with E-state index in [-0.39, 0.29) is 17.8 Å². The van der Waals surface area contributed by atoms with Crippen LogP contribution in [0.3, 0.4) is 0 Å². The lowest BCUT2D eigenvalue weighted by atomic mass is 10.1. The Labute approximate surface area is 132 Å². The third-order valence-corrected chi connectivity index (χ3v) is 4.31. The number of carbonyl (C=O) groups excluding carboxylic acids is 1. The molecule has 0 fully saturated rings. The molecule has 4 nitrogen and oxygen atoms in total. The van der Waals surface area contributed by atoms with Gasteiger partial charge in [0, 0.05) is 12.1 Å². The molecule has 0 aliphatic rings. The van der Waals surface area contributed by atoms with Gasteiger partial charge in [0.05, 0.1) is 11.3 Å². The van der Waals surface area contributed by atoms with Gasteiger partial charge in [0.1, 0.15) is 5.82 Å². The Morgan fingerprint density at radius 2 is 1.91 bits per heavy atom. The minimum atomic E-state index is -0.412. The molecule has 2 aromatic rings. The Morgan fingerprint density at radius 3 is 2.55 bits per heavy atom. The summed E-state index contributed by atoms with van der Waals surface area (Å²) in [5, 5.41) is 14.5. The maximum absolute atomic E-state index is 12.9. The standard InChI is InChI=1S/C16H17FN2O2S/c1-11(13-6-8-14(17)9-7-13)18-16(20)12(2)22-15-5-3-4-10-19(15)21/h3-12H,1-2H3,(H,18,20)/t11-,12+/m1/s1. The van der Waals surface area contributed by atoms with Crippen LogP contribution in [0.1, 0.15) is 25.5 Å². The first-order chi connectivity index (χ1) is 10.5. The number of halogens is 1.